The topological polar surface area (TPSA) is 151 Å². The lowest BCUT2D eigenvalue weighted by Gasteiger charge is -2.24. The lowest BCUT2D eigenvalue weighted by molar-refractivity contribution is -0.141. The molecule has 0 rings (SSSR count). The van der Waals surface area contributed by atoms with Gasteiger partial charge in [0.05, 0.1) is 6.04 Å². The highest BCUT2D eigenvalue weighted by molar-refractivity contribution is 7.98. The van der Waals surface area contributed by atoms with Gasteiger partial charge >= 0.3 is 5.97 Å². The zero-order valence-electron chi connectivity index (χ0n) is 16.7. The molecule has 9 nitrogen and oxygen atoms in total. The fraction of sp³-hybridized carbons (Fsp3) is 0.765. The van der Waals surface area contributed by atoms with Gasteiger partial charge in [-0.25, -0.2) is 4.79 Å². The first kappa shape index (κ1) is 26.5. The van der Waals surface area contributed by atoms with Crippen LogP contribution in [0.4, 0.5) is 0 Å². The maximum absolute atomic E-state index is 12.4. The van der Waals surface area contributed by atoms with Gasteiger partial charge in [-0.3, -0.25) is 14.4 Å². The van der Waals surface area contributed by atoms with E-state index in [0.717, 1.165) is 6.42 Å². The summed E-state index contributed by atoms with van der Waals surface area (Å²) in [6, 6.07) is -3.71. The molecule has 0 aromatic rings. The van der Waals surface area contributed by atoms with Gasteiger partial charge < -0.3 is 26.8 Å². The first-order valence-corrected chi connectivity index (χ1v) is 11.1. The quantitative estimate of drug-likeness (QED) is 0.215. The fourth-order valence-electron chi connectivity index (χ4n) is 2.15. The zero-order chi connectivity index (χ0) is 21.9. The average molecular weight is 437 g/mol. The SMILES string of the molecule is CCC(C)C(N)C(=O)NC(C)C(=O)NC(CCSC)C(=O)NC(CS)C(=O)O. The Morgan fingerprint density at radius 3 is 2.07 bits per heavy atom. The Hall–Kier alpha value is -1.46. The van der Waals surface area contributed by atoms with Gasteiger partial charge in [-0.2, -0.15) is 24.4 Å². The lowest BCUT2D eigenvalue weighted by atomic mass is 9.99. The second kappa shape index (κ2) is 13.7. The predicted molar refractivity (Wildman–Crippen MR) is 113 cm³/mol. The Morgan fingerprint density at radius 1 is 1.04 bits per heavy atom. The molecule has 5 atom stereocenters. The molecule has 0 aromatic carbocycles. The third-order valence-electron chi connectivity index (χ3n) is 4.35. The van der Waals surface area contributed by atoms with Gasteiger partial charge in [0.15, 0.2) is 0 Å². The number of carboxylic acid groups (broad SMARTS) is 1. The molecule has 0 saturated carbocycles. The number of thioether (sulfide) groups is 1. The van der Waals surface area contributed by atoms with Crippen molar-refractivity contribution in [3.63, 3.8) is 0 Å². The van der Waals surface area contributed by atoms with Crippen LogP contribution in [0.15, 0.2) is 0 Å². The number of carboxylic acids is 1. The standard InChI is InChI=1S/C17H32N4O5S2/c1-5-9(2)13(18)16(24)19-10(3)14(22)20-11(6-7-28-4)15(23)21-12(8-27)17(25)26/h9-13,27H,5-8,18H2,1-4H3,(H,19,24)(H,20,22)(H,21,23)(H,25,26). The van der Waals surface area contributed by atoms with Crippen molar-refractivity contribution in [3.05, 3.63) is 0 Å². The molecule has 3 amide bonds. The van der Waals surface area contributed by atoms with Crippen LogP contribution in [-0.4, -0.2) is 70.7 Å². The summed E-state index contributed by atoms with van der Waals surface area (Å²) in [4.78, 5) is 48.0. The molecule has 11 heteroatoms. The number of nitrogens with two attached hydrogens (primary N) is 1. The second-order valence-electron chi connectivity index (χ2n) is 6.57. The van der Waals surface area contributed by atoms with Crippen molar-refractivity contribution in [1.29, 1.82) is 0 Å². The minimum absolute atomic E-state index is 0.0375. The van der Waals surface area contributed by atoms with E-state index in [9.17, 15) is 19.2 Å². The van der Waals surface area contributed by atoms with Crippen LogP contribution in [0.25, 0.3) is 0 Å². The van der Waals surface area contributed by atoms with E-state index >= 15 is 0 Å². The zero-order valence-corrected chi connectivity index (χ0v) is 18.4. The molecular weight excluding hydrogens is 404 g/mol. The Morgan fingerprint density at radius 2 is 1.61 bits per heavy atom. The highest BCUT2D eigenvalue weighted by Crippen LogP contribution is 2.06. The van der Waals surface area contributed by atoms with Crippen molar-refractivity contribution in [2.45, 2.75) is 57.8 Å². The lowest BCUT2D eigenvalue weighted by Crippen LogP contribution is -2.57. The van der Waals surface area contributed by atoms with Gasteiger partial charge in [0.1, 0.15) is 18.1 Å². The van der Waals surface area contributed by atoms with E-state index in [2.05, 4.69) is 28.6 Å². The summed E-state index contributed by atoms with van der Waals surface area (Å²) >= 11 is 5.39. The number of nitrogens with one attached hydrogen (secondary N) is 3. The molecule has 0 radical (unpaired) electrons. The predicted octanol–water partition coefficient (Wildman–Crippen LogP) is -0.398. The summed E-state index contributed by atoms with van der Waals surface area (Å²) in [5.74, 6) is -2.35. The minimum atomic E-state index is -1.21. The summed E-state index contributed by atoms with van der Waals surface area (Å²) < 4.78 is 0. The largest absolute Gasteiger partial charge is 0.480 e. The van der Waals surface area contributed by atoms with Crippen LogP contribution < -0.4 is 21.7 Å². The van der Waals surface area contributed by atoms with Gasteiger partial charge in [0.2, 0.25) is 17.7 Å². The van der Waals surface area contributed by atoms with E-state index in [-0.39, 0.29) is 11.7 Å². The number of carbonyl (C=O) groups excluding carboxylic acids is 3. The molecule has 0 bridgehead atoms. The van der Waals surface area contributed by atoms with Crippen molar-refractivity contribution in [2.75, 3.05) is 17.8 Å². The smallest absolute Gasteiger partial charge is 0.327 e. The molecule has 5 unspecified atom stereocenters. The van der Waals surface area contributed by atoms with Crippen molar-refractivity contribution < 1.29 is 24.3 Å². The summed E-state index contributed by atoms with van der Waals surface area (Å²) in [6.07, 6.45) is 2.89. The first-order valence-electron chi connectivity index (χ1n) is 9.08. The van der Waals surface area contributed by atoms with E-state index < -0.39 is 47.9 Å². The maximum atomic E-state index is 12.4. The van der Waals surface area contributed by atoms with E-state index in [1.807, 2.05) is 20.1 Å². The minimum Gasteiger partial charge on any atom is -0.480 e. The molecule has 0 fully saturated rings. The second-order valence-corrected chi connectivity index (χ2v) is 7.92. The van der Waals surface area contributed by atoms with Crippen molar-refractivity contribution in [1.82, 2.24) is 16.0 Å². The number of amides is 3. The van der Waals surface area contributed by atoms with Crippen LogP contribution in [-0.2, 0) is 19.2 Å². The summed E-state index contributed by atoms with van der Waals surface area (Å²) in [5, 5.41) is 16.5. The third-order valence-corrected chi connectivity index (χ3v) is 5.36. The average Bonchev–Trinajstić information content (AvgIpc) is 2.66. The third kappa shape index (κ3) is 9.16. The van der Waals surface area contributed by atoms with Gasteiger partial charge in [-0.15, -0.1) is 0 Å². The molecule has 0 aromatic heterocycles. The number of thiol groups is 1. The van der Waals surface area contributed by atoms with Crippen LogP contribution in [0.1, 0.15) is 33.6 Å². The number of aliphatic carboxylic acids is 1. The van der Waals surface area contributed by atoms with Crippen LogP contribution >= 0.6 is 24.4 Å². The molecule has 162 valence electrons. The maximum Gasteiger partial charge on any atom is 0.327 e. The van der Waals surface area contributed by atoms with Gasteiger partial charge in [-0.05, 0) is 31.3 Å². The normalized spacial score (nSPS) is 16.2. The van der Waals surface area contributed by atoms with Crippen molar-refractivity contribution >= 4 is 48.1 Å². The van der Waals surface area contributed by atoms with Crippen molar-refractivity contribution in [2.24, 2.45) is 11.7 Å². The molecule has 0 saturated heterocycles. The Labute approximate surface area is 175 Å². The molecule has 0 aliphatic rings. The fourth-order valence-corrected chi connectivity index (χ4v) is 2.87. The van der Waals surface area contributed by atoms with Crippen LogP contribution in [0.5, 0.6) is 0 Å². The van der Waals surface area contributed by atoms with E-state index in [4.69, 9.17) is 10.8 Å². The molecule has 0 heterocycles. The van der Waals surface area contributed by atoms with E-state index in [1.54, 1.807) is 0 Å². The number of hydrogen-bond donors (Lipinski definition) is 6. The van der Waals surface area contributed by atoms with Gasteiger partial charge in [0, 0.05) is 5.75 Å². The van der Waals surface area contributed by atoms with Gasteiger partial charge in [-0.1, -0.05) is 20.3 Å². The van der Waals surface area contributed by atoms with Crippen LogP contribution in [0.3, 0.4) is 0 Å². The van der Waals surface area contributed by atoms with Crippen LogP contribution in [0, 0.1) is 5.92 Å². The summed E-state index contributed by atoms with van der Waals surface area (Å²) in [6.45, 7) is 5.25. The number of rotatable bonds is 13. The molecule has 6 N–H and O–H groups in total. The summed E-state index contributed by atoms with van der Waals surface area (Å²) in [7, 11) is 0. The number of hydrogen-bond acceptors (Lipinski definition) is 7. The molecule has 28 heavy (non-hydrogen) atoms. The highest BCUT2D eigenvalue weighted by Gasteiger charge is 2.28. The van der Waals surface area contributed by atoms with E-state index in [1.165, 1.54) is 18.7 Å². The Balaban J connectivity index is 4.97. The van der Waals surface area contributed by atoms with E-state index in [0.29, 0.717) is 12.2 Å². The summed E-state index contributed by atoms with van der Waals surface area (Å²) in [5.41, 5.74) is 5.86. The number of carbonyl (C=O) groups is 4. The highest BCUT2D eigenvalue weighted by atomic mass is 32.2. The Bertz CT molecular complexity index is 550. The monoisotopic (exact) mass is 436 g/mol. The first-order chi connectivity index (χ1) is 13.1. The molecule has 0 aliphatic carbocycles. The van der Waals surface area contributed by atoms with Crippen LogP contribution in [0.2, 0.25) is 0 Å². The van der Waals surface area contributed by atoms with Crippen molar-refractivity contribution in [3.8, 4) is 0 Å². The molecule has 0 spiro atoms. The Kier molecular flexibility index (Phi) is 13.0. The van der Waals surface area contributed by atoms with Gasteiger partial charge in [0.25, 0.3) is 0 Å². The molecule has 0 aliphatic heterocycles. The molecular formula is C17H32N4O5S2.